The molecule has 0 aliphatic heterocycles. The van der Waals surface area contributed by atoms with Gasteiger partial charge < -0.3 is 39.9 Å². The van der Waals surface area contributed by atoms with Gasteiger partial charge in [0.15, 0.2) is 6.10 Å². The van der Waals surface area contributed by atoms with E-state index in [1.54, 1.807) is 0 Å². The molecule has 0 spiro atoms. The minimum absolute atomic E-state index is 0.102. The Bertz CT molecular complexity index is 1160. The number of phosphoric acid groups is 1. The third kappa shape index (κ3) is 32.0. The zero-order valence-electron chi connectivity index (χ0n) is 39.6. The van der Waals surface area contributed by atoms with Gasteiger partial charge in [-0.05, 0) is 38.5 Å². The van der Waals surface area contributed by atoms with Crippen LogP contribution in [0.4, 0.5) is 0 Å². The van der Waals surface area contributed by atoms with Crippen LogP contribution in [0.25, 0.3) is 0 Å². The highest BCUT2D eigenvalue weighted by Crippen LogP contribution is 2.47. The first kappa shape index (κ1) is 59.6. The van der Waals surface area contributed by atoms with E-state index in [-0.39, 0.29) is 12.8 Å². The van der Waals surface area contributed by atoms with Crippen molar-refractivity contribution in [1.82, 2.24) is 0 Å². The zero-order chi connectivity index (χ0) is 46.4. The molecule has 6 unspecified atom stereocenters. The first-order valence-electron chi connectivity index (χ1n) is 25.5. The largest absolute Gasteiger partial charge is 0.472 e. The molecule has 0 heterocycles. The van der Waals surface area contributed by atoms with Crippen molar-refractivity contribution < 1.29 is 63.1 Å². The van der Waals surface area contributed by atoms with Crippen LogP contribution < -0.4 is 0 Å². The van der Waals surface area contributed by atoms with E-state index >= 15 is 0 Å². The Morgan fingerprint density at radius 1 is 0.476 bits per heavy atom. The van der Waals surface area contributed by atoms with E-state index < -0.39 is 75.7 Å². The van der Waals surface area contributed by atoms with Gasteiger partial charge >= 0.3 is 19.8 Å². The Morgan fingerprint density at radius 2 is 0.810 bits per heavy atom. The second kappa shape index (κ2) is 39.7. The minimum atomic E-state index is -5.12. The van der Waals surface area contributed by atoms with E-state index in [2.05, 4.69) is 26.0 Å². The molecule has 14 heteroatoms. The van der Waals surface area contributed by atoms with E-state index in [0.717, 1.165) is 51.4 Å². The number of carbonyl (C=O) groups is 2. The maximum absolute atomic E-state index is 12.8. The molecule has 372 valence electrons. The number of aliphatic hydroxyl groups is 5. The Hall–Kier alpha value is -1.41. The molecule has 13 nitrogen and oxygen atoms in total. The molecule has 6 N–H and O–H groups in total. The monoisotopic (exact) mass is 921 g/mol. The van der Waals surface area contributed by atoms with Crippen molar-refractivity contribution in [2.24, 2.45) is 0 Å². The van der Waals surface area contributed by atoms with Gasteiger partial charge in [-0.15, -0.1) is 0 Å². The average molecular weight is 921 g/mol. The second-order valence-corrected chi connectivity index (χ2v) is 19.4. The van der Waals surface area contributed by atoms with Crippen LogP contribution in [0.3, 0.4) is 0 Å². The summed E-state index contributed by atoms with van der Waals surface area (Å²) in [5.74, 6) is -1.09. The van der Waals surface area contributed by atoms with Crippen molar-refractivity contribution in [3.8, 4) is 0 Å². The summed E-state index contributed by atoms with van der Waals surface area (Å²) in [5, 5.41) is 50.2. The van der Waals surface area contributed by atoms with E-state index in [9.17, 15) is 44.6 Å². The quantitative estimate of drug-likeness (QED) is 0.0146. The molecule has 0 aromatic rings. The highest BCUT2D eigenvalue weighted by atomic mass is 31.2. The van der Waals surface area contributed by atoms with Crippen LogP contribution in [-0.2, 0) is 32.7 Å². The predicted molar refractivity (Wildman–Crippen MR) is 249 cm³/mol. The fourth-order valence-electron chi connectivity index (χ4n) is 7.99. The third-order valence-corrected chi connectivity index (χ3v) is 13.1. The van der Waals surface area contributed by atoms with Gasteiger partial charge in [-0.1, -0.05) is 193 Å². The second-order valence-electron chi connectivity index (χ2n) is 18.0. The molecule has 63 heavy (non-hydrogen) atoms. The summed E-state index contributed by atoms with van der Waals surface area (Å²) in [4.78, 5) is 35.8. The molecule has 0 bridgehead atoms. The van der Waals surface area contributed by atoms with Gasteiger partial charge in [-0.3, -0.25) is 18.6 Å². The zero-order valence-corrected chi connectivity index (χ0v) is 40.5. The summed E-state index contributed by atoms with van der Waals surface area (Å²) in [6, 6.07) is 0. The van der Waals surface area contributed by atoms with Gasteiger partial charge in [0.1, 0.15) is 43.2 Å². The summed E-state index contributed by atoms with van der Waals surface area (Å²) in [7, 11) is -5.12. The number of ether oxygens (including phenoxy) is 2. The molecule has 0 aromatic carbocycles. The summed E-state index contributed by atoms with van der Waals surface area (Å²) in [6.45, 7) is 3.33. The van der Waals surface area contributed by atoms with Crippen LogP contribution in [0.5, 0.6) is 0 Å². The Balaban J connectivity index is 2.40. The third-order valence-electron chi connectivity index (χ3n) is 12.1. The number of allylic oxidation sites excluding steroid dienone is 2. The molecule has 0 saturated heterocycles. The van der Waals surface area contributed by atoms with Gasteiger partial charge in [0, 0.05) is 12.8 Å². The number of rotatable bonds is 43. The van der Waals surface area contributed by atoms with Gasteiger partial charge in [0.25, 0.3) is 0 Å². The van der Waals surface area contributed by atoms with Gasteiger partial charge in [-0.2, -0.15) is 0 Å². The van der Waals surface area contributed by atoms with Crippen molar-refractivity contribution in [3.63, 3.8) is 0 Å². The van der Waals surface area contributed by atoms with E-state index in [4.69, 9.17) is 18.5 Å². The van der Waals surface area contributed by atoms with Crippen LogP contribution in [-0.4, -0.2) is 98.3 Å². The Morgan fingerprint density at radius 3 is 1.21 bits per heavy atom. The summed E-state index contributed by atoms with van der Waals surface area (Å²) < 4.78 is 33.6. The van der Waals surface area contributed by atoms with Crippen molar-refractivity contribution in [2.45, 2.75) is 275 Å². The molecule has 1 saturated carbocycles. The van der Waals surface area contributed by atoms with Crippen LogP contribution in [0.2, 0.25) is 0 Å². The summed E-state index contributed by atoms with van der Waals surface area (Å²) in [6.07, 6.45) is 29.7. The van der Waals surface area contributed by atoms with Gasteiger partial charge in [0.2, 0.25) is 0 Å². The van der Waals surface area contributed by atoms with Crippen LogP contribution >= 0.6 is 7.82 Å². The summed E-state index contributed by atoms with van der Waals surface area (Å²) >= 11 is 0. The maximum atomic E-state index is 12.8. The van der Waals surface area contributed by atoms with Crippen LogP contribution in [0, 0.1) is 0 Å². The predicted octanol–water partition coefficient (Wildman–Crippen LogP) is 10.6. The minimum Gasteiger partial charge on any atom is -0.462 e. The lowest BCUT2D eigenvalue weighted by atomic mass is 9.85. The number of unbranched alkanes of at least 4 members (excludes halogenated alkanes) is 29. The molecule has 0 aromatic heterocycles. The molecule has 0 amide bonds. The molecule has 1 aliphatic carbocycles. The fourth-order valence-corrected chi connectivity index (χ4v) is 8.96. The fraction of sp³-hybridized carbons (Fsp3) is 0.918. The molecule has 1 fully saturated rings. The summed E-state index contributed by atoms with van der Waals surface area (Å²) in [5.41, 5.74) is 0. The standard InChI is InChI=1S/C49H93O13P/c1-3-5-7-9-11-13-15-17-19-21-23-25-27-29-31-33-35-37-42(50)59-39-41(40-60-63(57,58)62-49-47(55)45(53)44(52)46(54)48(49)56)61-43(51)38-36-34-32-30-28-26-24-22-20-18-16-14-12-10-8-6-4-2/h17,19,41,44-49,52-56H,3-16,18,20-40H2,1-2H3,(H,57,58)/b19-17+/t41-,44?,45-,46?,47?,48?,49?/m0/s1. The number of hydrogen-bond donors (Lipinski definition) is 6. The lowest BCUT2D eigenvalue weighted by Gasteiger charge is -2.41. The van der Waals surface area contributed by atoms with E-state index in [1.165, 1.54) is 141 Å². The lowest BCUT2D eigenvalue weighted by Crippen LogP contribution is -2.64. The first-order valence-corrected chi connectivity index (χ1v) is 27.0. The lowest BCUT2D eigenvalue weighted by molar-refractivity contribution is -0.220. The molecule has 1 rings (SSSR count). The van der Waals surface area contributed by atoms with Crippen molar-refractivity contribution in [2.75, 3.05) is 13.2 Å². The number of hydrogen-bond acceptors (Lipinski definition) is 12. The molecule has 8 atom stereocenters. The van der Waals surface area contributed by atoms with Gasteiger partial charge in [-0.25, -0.2) is 4.57 Å². The van der Waals surface area contributed by atoms with Crippen molar-refractivity contribution in [3.05, 3.63) is 12.2 Å². The van der Waals surface area contributed by atoms with Crippen molar-refractivity contribution in [1.29, 1.82) is 0 Å². The maximum Gasteiger partial charge on any atom is 0.472 e. The molecule has 1 aliphatic rings. The molecular weight excluding hydrogens is 827 g/mol. The Kier molecular flexibility index (Phi) is 37.6. The van der Waals surface area contributed by atoms with E-state index in [1.807, 2.05) is 0 Å². The van der Waals surface area contributed by atoms with Crippen molar-refractivity contribution >= 4 is 19.8 Å². The van der Waals surface area contributed by atoms with E-state index in [0.29, 0.717) is 12.8 Å². The molecular formula is C49H93O13P. The normalized spacial score (nSPS) is 21.7. The highest BCUT2D eigenvalue weighted by molar-refractivity contribution is 7.47. The first-order chi connectivity index (χ1) is 30.4. The number of carbonyl (C=O) groups excluding carboxylic acids is 2. The average Bonchev–Trinajstić information content (AvgIpc) is 3.26. The molecule has 0 radical (unpaired) electrons. The van der Waals surface area contributed by atoms with Crippen LogP contribution in [0.15, 0.2) is 12.2 Å². The number of esters is 2. The SMILES string of the molecule is CCCCCCCC/C=C/CCCCCCCCCC(=O)OC[C@@H](COP(=O)(O)OC1C(O)C(O)C(O)[C@H](O)C1O)OC(=O)CCCCCCCCCCCCCCCCCCC. The van der Waals surface area contributed by atoms with Gasteiger partial charge in [0.05, 0.1) is 6.61 Å². The number of aliphatic hydroxyl groups excluding tert-OH is 5. The topological polar surface area (TPSA) is 210 Å². The highest BCUT2D eigenvalue weighted by Gasteiger charge is 2.51. The smallest absolute Gasteiger partial charge is 0.462 e. The Labute approximate surface area is 382 Å². The van der Waals surface area contributed by atoms with Crippen LogP contribution in [0.1, 0.15) is 232 Å². The number of phosphoric ester groups is 1.